The number of nitrogens with two attached hydrogens (primary N) is 1. The van der Waals surface area contributed by atoms with Gasteiger partial charge in [0.25, 0.3) is 5.91 Å². The Morgan fingerprint density at radius 1 is 1.05 bits per heavy atom. The van der Waals surface area contributed by atoms with Crippen LogP contribution in [0, 0.1) is 5.41 Å². The van der Waals surface area contributed by atoms with Crippen LogP contribution in [0.1, 0.15) is 21.7 Å². The maximum atomic E-state index is 13.4. The average Bonchev–Trinajstić information content (AvgIpc) is 3.46. The van der Waals surface area contributed by atoms with Crippen LogP contribution in [-0.4, -0.2) is 39.3 Å². The van der Waals surface area contributed by atoms with Crippen molar-refractivity contribution in [2.24, 2.45) is 10.7 Å². The Bertz CT molecular complexity index is 1520. The van der Waals surface area contributed by atoms with Crippen molar-refractivity contribution in [3.63, 3.8) is 0 Å². The summed E-state index contributed by atoms with van der Waals surface area (Å²) in [6, 6.07) is 12.0. The fourth-order valence-corrected chi connectivity index (χ4v) is 3.98. The molecule has 12 heteroatoms. The molecule has 2 aromatic carbocycles. The Labute approximate surface area is 207 Å². The zero-order valence-corrected chi connectivity index (χ0v) is 18.9. The molecule has 9 nitrogen and oxygen atoms in total. The lowest BCUT2D eigenvalue weighted by Gasteiger charge is -2.23. The van der Waals surface area contributed by atoms with Gasteiger partial charge in [0.2, 0.25) is 0 Å². The van der Waals surface area contributed by atoms with Gasteiger partial charge in [-0.2, -0.15) is 23.3 Å². The van der Waals surface area contributed by atoms with E-state index < -0.39 is 23.8 Å². The molecule has 2 aliphatic rings. The van der Waals surface area contributed by atoms with Crippen LogP contribution in [0.15, 0.2) is 83.9 Å². The fraction of sp³-hybridized carbons (Fsp3) is 0.0800. The van der Waals surface area contributed by atoms with E-state index in [1.807, 2.05) is 12.2 Å². The quantitative estimate of drug-likeness (QED) is 0.353. The van der Waals surface area contributed by atoms with E-state index in [1.54, 1.807) is 24.3 Å². The number of nitrogens with zero attached hydrogens (tertiary/aromatic N) is 4. The number of amides is 3. The molecule has 0 saturated heterocycles. The van der Waals surface area contributed by atoms with Crippen molar-refractivity contribution in [3.8, 4) is 5.69 Å². The number of nitrogen functional groups attached to an aromatic ring is 1. The number of amidine groups is 1. The van der Waals surface area contributed by atoms with E-state index in [1.165, 1.54) is 41.3 Å². The predicted molar refractivity (Wildman–Crippen MR) is 131 cm³/mol. The molecule has 1 aromatic heterocycles. The van der Waals surface area contributed by atoms with E-state index in [4.69, 9.17) is 11.1 Å². The highest BCUT2D eigenvalue weighted by Crippen LogP contribution is 2.31. The van der Waals surface area contributed by atoms with Crippen molar-refractivity contribution in [1.82, 2.24) is 9.78 Å². The van der Waals surface area contributed by atoms with E-state index in [-0.39, 0.29) is 28.8 Å². The summed E-state index contributed by atoms with van der Waals surface area (Å²) in [5.74, 6) is -1.13. The molecular formula is C25H18F3N7O2. The number of carbonyl (C=O) groups is 2. The van der Waals surface area contributed by atoms with Crippen molar-refractivity contribution in [2.45, 2.75) is 12.2 Å². The number of hydrogen-bond acceptors (Lipinski definition) is 4. The number of aliphatic imine (C=N–C) groups is 1. The van der Waals surface area contributed by atoms with Crippen LogP contribution in [0.5, 0.6) is 0 Å². The number of anilines is 2. The Balaban J connectivity index is 1.42. The lowest BCUT2D eigenvalue weighted by Crippen LogP contribution is -2.36. The minimum atomic E-state index is -4.79. The number of carbonyl (C=O) groups excluding carboxylic acids is 2. The monoisotopic (exact) mass is 505 g/mol. The third kappa shape index (κ3) is 4.51. The standard InChI is InChI=1S/C25H18F3N7O2/c26-25(27,28)21-13-20(35(33-21)17-5-3-4-14(12-17)22(29)30)23(36)31-15-8-10-16(11-9-15)34-19-7-2-1-6-18(19)32-24(34)37/h1-13,19H,(H3,29,30)(H,31,36). The van der Waals surface area contributed by atoms with E-state index in [0.717, 1.165) is 4.68 Å². The lowest BCUT2D eigenvalue weighted by molar-refractivity contribution is -0.141. The summed E-state index contributed by atoms with van der Waals surface area (Å²) >= 11 is 0. The predicted octanol–water partition coefficient (Wildman–Crippen LogP) is 4.30. The molecule has 5 rings (SSSR count). The van der Waals surface area contributed by atoms with Crippen LogP contribution in [0.3, 0.4) is 0 Å². The SMILES string of the molecule is N=C(N)c1cccc(-n2nc(C(F)(F)F)cc2C(=O)Nc2ccc(N3C(=O)N=C4C=CC=CC43)cc2)c1. The number of rotatable bonds is 5. The number of nitrogens with one attached hydrogen (secondary N) is 2. The van der Waals surface area contributed by atoms with Crippen LogP contribution < -0.4 is 16.0 Å². The minimum Gasteiger partial charge on any atom is -0.384 e. The molecule has 0 fully saturated rings. The summed E-state index contributed by atoms with van der Waals surface area (Å²) in [4.78, 5) is 31.0. The number of halogens is 3. The fourth-order valence-electron chi connectivity index (χ4n) is 3.98. The third-order valence-electron chi connectivity index (χ3n) is 5.72. The Morgan fingerprint density at radius 3 is 2.51 bits per heavy atom. The van der Waals surface area contributed by atoms with Crippen LogP contribution >= 0.6 is 0 Å². The van der Waals surface area contributed by atoms with Gasteiger partial charge in [0, 0.05) is 23.0 Å². The molecule has 2 heterocycles. The third-order valence-corrected chi connectivity index (χ3v) is 5.72. The maximum absolute atomic E-state index is 13.4. The second-order valence-electron chi connectivity index (χ2n) is 8.17. The van der Waals surface area contributed by atoms with Gasteiger partial charge in [0.1, 0.15) is 11.5 Å². The van der Waals surface area contributed by atoms with Gasteiger partial charge in [-0.05, 0) is 42.5 Å². The van der Waals surface area contributed by atoms with Gasteiger partial charge in [-0.25, -0.2) is 9.48 Å². The second kappa shape index (κ2) is 8.90. The average molecular weight is 505 g/mol. The summed E-state index contributed by atoms with van der Waals surface area (Å²) in [6.07, 6.45) is 2.40. The number of aromatic nitrogens is 2. The minimum absolute atomic E-state index is 0.127. The number of allylic oxidation sites excluding steroid dienone is 2. The Hall–Kier alpha value is -5.00. The highest BCUT2D eigenvalue weighted by Gasteiger charge is 2.36. The van der Waals surface area contributed by atoms with Gasteiger partial charge >= 0.3 is 12.2 Å². The summed E-state index contributed by atoms with van der Waals surface area (Å²) in [7, 11) is 0. The van der Waals surface area contributed by atoms with Crippen LogP contribution in [0.4, 0.5) is 29.3 Å². The highest BCUT2D eigenvalue weighted by molar-refractivity contribution is 6.19. The molecule has 0 radical (unpaired) electrons. The van der Waals surface area contributed by atoms with Crippen LogP contribution in [0.25, 0.3) is 5.69 Å². The first-order valence-corrected chi connectivity index (χ1v) is 10.9. The topological polar surface area (TPSA) is 129 Å². The second-order valence-corrected chi connectivity index (χ2v) is 8.17. The number of hydrogen-bond donors (Lipinski definition) is 3. The van der Waals surface area contributed by atoms with Crippen molar-refractivity contribution in [3.05, 3.63) is 95.9 Å². The molecule has 37 heavy (non-hydrogen) atoms. The van der Waals surface area contributed by atoms with Crippen molar-refractivity contribution >= 4 is 34.9 Å². The molecule has 0 saturated carbocycles. The van der Waals surface area contributed by atoms with E-state index in [0.29, 0.717) is 23.2 Å². The Morgan fingerprint density at radius 2 is 1.81 bits per heavy atom. The number of urea groups is 1. The van der Waals surface area contributed by atoms with Gasteiger partial charge in [-0.3, -0.25) is 15.1 Å². The summed E-state index contributed by atoms with van der Waals surface area (Å²) in [5.41, 5.74) is 5.71. The smallest absolute Gasteiger partial charge is 0.384 e. The molecule has 1 aliphatic heterocycles. The van der Waals surface area contributed by atoms with Gasteiger partial charge in [0.15, 0.2) is 5.69 Å². The van der Waals surface area contributed by atoms with E-state index >= 15 is 0 Å². The van der Waals surface area contributed by atoms with Crippen molar-refractivity contribution in [1.29, 1.82) is 5.41 Å². The molecule has 4 N–H and O–H groups in total. The molecule has 0 bridgehead atoms. The van der Waals surface area contributed by atoms with E-state index in [2.05, 4.69) is 15.4 Å². The zero-order chi connectivity index (χ0) is 26.3. The van der Waals surface area contributed by atoms with Crippen molar-refractivity contribution in [2.75, 3.05) is 10.2 Å². The summed E-state index contributed by atoms with van der Waals surface area (Å²) < 4.78 is 41.1. The van der Waals surface area contributed by atoms with Gasteiger partial charge in [0.05, 0.1) is 17.4 Å². The molecule has 1 unspecified atom stereocenters. The maximum Gasteiger partial charge on any atom is 0.435 e. The Kier molecular flexibility index (Phi) is 5.71. The van der Waals surface area contributed by atoms with Crippen molar-refractivity contribution < 1.29 is 22.8 Å². The normalized spacial score (nSPS) is 16.5. The number of fused-ring (bicyclic) bond motifs is 1. The largest absolute Gasteiger partial charge is 0.435 e. The number of alkyl halides is 3. The summed E-state index contributed by atoms with van der Waals surface area (Å²) in [5, 5.41) is 13.7. The molecule has 0 spiro atoms. The molecule has 1 atom stereocenters. The summed E-state index contributed by atoms with van der Waals surface area (Å²) in [6.45, 7) is 0. The van der Waals surface area contributed by atoms with Crippen LogP contribution in [0.2, 0.25) is 0 Å². The number of benzene rings is 2. The lowest BCUT2D eigenvalue weighted by atomic mass is 10.1. The first-order chi connectivity index (χ1) is 17.6. The molecule has 1 aliphatic carbocycles. The first kappa shape index (κ1) is 23.7. The molecular weight excluding hydrogens is 487 g/mol. The van der Waals surface area contributed by atoms with Gasteiger partial charge in [-0.15, -0.1) is 0 Å². The first-order valence-electron chi connectivity index (χ1n) is 10.9. The molecule has 186 valence electrons. The molecule has 3 aromatic rings. The van der Waals surface area contributed by atoms with Crippen LogP contribution in [-0.2, 0) is 6.18 Å². The van der Waals surface area contributed by atoms with E-state index in [9.17, 15) is 22.8 Å². The van der Waals surface area contributed by atoms with Gasteiger partial charge in [-0.1, -0.05) is 30.4 Å². The molecule has 3 amide bonds. The van der Waals surface area contributed by atoms with Gasteiger partial charge < -0.3 is 11.1 Å². The zero-order valence-electron chi connectivity index (χ0n) is 18.9. The highest BCUT2D eigenvalue weighted by atomic mass is 19.4.